The lowest BCUT2D eigenvalue weighted by Crippen LogP contribution is -2.17. The molecule has 0 aliphatic heterocycles. The van der Waals surface area contributed by atoms with Crippen LogP contribution in [0.15, 0.2) is 40.2 Å². The van der Waals surface area contributed by atoms with Crippen molar-refractivity contribution in [2.24, 2.45) is 0 Å². The Morgan fingerprint density at radius 2 is 2.10 bits per heavy atom. The average Bonchev–Trinajstić information content (AvgIpc) is 3.07. The van der Waals surface area contributed by atoms with Gasteiger partial charge in [0.25, 0.3) is 0 Å². The zero-order valence-corrected chi connectivity index (χ0v) is 15.1. The monoisotopic (exact) mass is 381 g/mol. The number of thiophene rings is 2. The molecular formula is C16H16BrNOS2. The zero-order chi connectivity index (χ0) is 14.8. The molecule has 0 saturated heterocycles. The van der Waals surface area contributed by atoms with Crippen molar-refractivity contribution in [1.29, 1.82) is 0 Å². The second-order valence-corrected chi connectivity index (χ2v) is 7.72. The first-order valence-electron chi connectivity index (χ1n) is 6.68. The van der Waals surface area contributed by atoms with E-state index >= 15 is 0 Å². The molecule has 1 atom stereocenters. The number of nitrogens with one attached hydrogen (secondary N) is 1. The Balaban J connectivity index is 1.88. The number of hydrogen-bond acceptors (Lipinski definition) is 4. The van der Waals surface area contributed by atoms with Gasteiger partial charge in [0.05, 0.1) is 7.11 Å². The molecule has 0 aliphatic rings. The summed E-state index contributed by atoms with van der Waals surface area (Å²) < 4.78 is 9.21. The van der Waals surface area contributed by atoms with E-state index in [1.54, 1.807) is 18.4 Å². The molecule has 0 amide bonds. The molecule has 0 bridgehead atoms. The number of likely N-dealkylation sites (N-methyl/N-ethyl adjacent to an activating group) is 1. The standard InChI is InChI=1S/C16H16BrNOS2/c1-18-13(15-9-16-14(21-15)5-6-20-16)8-10-7-11(19-2)3-4-12(10)17/h3-7,9,13,18H,8H2,1-2H3. The summed E-state index contributed by atoms with van der Waals surface area (Å²) in [6.45, 7) is 0. The molecule has 0 spiro atoms. The number of hydrogen-bond donors (Lipinski definition) is 1. The van der Waals surface area contributed by atoms with Gasteiger partial charge in [-0.25, -0.2) is 0 Å². The fourth-order valence-corrected chi connectivity index (χ4v) is 4.99. The molecule has 0 radical (unpaired) electrons. The fraction of sp³-hybridized carbons (Fsp3) is 0.250. The van der Waals surface area contributed by atoms with E-state index in [1.807, 2.05) is 30.5 Å². The van der Waals surface area contributed by atoms with Crippen molar-refractivity contribution in [3.63, 3.8) is 0 Å². The highest BCUT2D eigenvalue weighted by Crippen LogP contribution is 2.35. The smallest absolute Gasteiger partial charge is 0.119 e. The molecule has 2 nitrogen and oxygen atoms in total. The first-order chi connectivity index (χ1) is 10.2. The first kappa shape index (κ1) is 15.0. The van der Waals surface area contributed by atoms with Crippen molar-refractivity contribution >= 4 is 48.0 Å². The third-order valence-electron chi connectivity index (χ3n) is 3.53. The molecule has 110 valence electrons. The highest BCUT2D eigenvalue weighted by molar-refractivity contribution is 9.10. The second kappa shape index (κ2) is 6.48. The summed E-state index contributed by atoms with van der Waals surface area (Å²) in [5.74, 6) is 0.898. The van der Waals surface area contributed by atoms with Gasteiger partial charge in [0.1, 0.15) is 5.75 Å². The van der Waals surface area contributed by atoms with Crippen LogP contribution in [-0.2, 0) is 6.42 Å². The summed E-state index contributed by atoms with van der Waals surface area (Å²) in [5.41, 5.74) is 1.26. The quantitative estimate of drug-likeness (QED) is 0.652. The van der Waals surface area contributed by atoms with Crippen molar-refractivity contribution in [3.8, 4) is 5.75 Å². The van der Waals surface area contributed by atoms with Gasteiger partial charge in [-0.2, -0.15) is 0 Å². The van der Waals surface area contributed by atoms with E-state index in [0.717, 1.165) is 16.6 Å². The van der Waals surface area contributed by atoms with Crippen molar-refractivity contribution in [2.75, 3.05) is 14.2 Å². The predicted molar refractivity (Wildman–Crippen MR) is 95.9 cm³/mol. The van der Waals surface area contributed by atoms with Gasteiger partial charge in [0.2, 0.25) is 0 Å². The highest BCUT2D eigenvalue weighted by Gasteiger charge is 2.16. The van der Waals surface area contributed by atoms with E-state index in [0.29, 0.717) is 6.04 Å². The van der Waals surface area contributed by atoms with Crippen LogP contribution in [0.2, 0.25) is 0 Å². The van der Waals surface area contributed by atoms with Crippen molar-refractivity contribution in [1.82, 2.24) is 5.32 Å². The number of rotatable bonds is 5. The van der Waals surface area contributed by atoms with E-state index in [9.17, 15) is 0 Å². The van der Waals surface area contributed by atoms with Gasteiger partial charge < -0.3 is 10.1 Å². The Morgan fingerprint density at radius 1 is 1.24 bits per heavy atom. The van der Waals surface area contributed by atoms with Crippen molar-refractivity contribution in [3.05, 3.63) is 50.6 Å². The largest absolute Gasteiger partial charge is 0.497 e. The normalized spacial score (nSPS) is 12.7. The molecule has 2 heterocycles. The molecular weight excluding hydrogens is 366 g/mol. The molecule has 0 aliphatic carbocycles. The van der Waals surface area contributed by atoms with Crippen LogP contribution in [0.5, 0.6) is 5.75 Å². The third kappa shape index (κ3) is 3.16. The third-order valence-corrected chi connectivity index (χ3v) is 6.51. The molecule has 0 fully saturated rings. The van der Waals surface area contributed by atoms with Crippen LogP contribution in [0.4, 0.5) is 0 Å². The average molecular weight is 382 g/mol. The molecule has 1 aromatic carbocycles. The van der Waals surface area contributed by atoms with Crippen LogP contribution in [0.1, 0.15) is 16.5 Å². The second-order valence-electron chi connectivity index (χ2n) is 4.80. The van der Waals surface area contributed by atoms with Crippen LogP contribution in [0, 0.1) is 0 Å². The van der Waals surface area contributed by atoms with Gasteiger partial charge in [0.15, 0.2) is 0 Å². The molecule has 21 heavy (non-hydrogen) atoms. The minimum absolute atomic E-state index is 0.318. The van der Waals surface area contributed by atoms with Gasteiger partial charge in [-0.15, -0.1) is 22.7 Å². The summed E-state index contributed by atoms with van der Waals surface area (Å²) in [7, 11) is 3.72. The summed E-state index contributed by atoms with van der Waals surface area (Å²) in [6, 6.07) is 10.9. The minimum atomic E-state index is 0.318. The number of benzene rings is 1. The number of methoxy groups -OCH3 is 1. The maximum atomic E-state index is 5.33. The van der Waals surface area contributed by atoms with Gasteiger partial charge >= 0.3 is 0 Å². The Morgan fingerprint density at radius 3 is 2.81 bits per heavy atom. The molecule has 3 aromatic rings. The van der Waals surface area contributed by atoms with Gasteiger partial charge in [-0.1, -0.05) is 15.9 Å². The van der Waals surface area contributed by atoms with Crippen LogP contribution >= 0.6 is 38.6 Å². The number of fused-ring (bicyclic) bond motifs is 1. The van der Waals surface area contributed by atoms with Crippen LogP contribution < -0.4 is 10.1 Å². The molecule has 3 rings (SSSR count). The van der Waals surface area contributed by atoms with Gasteiger partial charge in [0, 0.05) is 24.8 Å². The van der Waals surface area contributed by atoms with Gasteiger partial charge in [-0.3, -0.25) is 0 Å². The minimum Gasteiger partial charge on any atom is -0.497 e. The molecule has 0 saturated carbocycles. The van der Waals surface area contributed by atoms with Crippen molar-refractivity contribution < 1.29 is 4.74 Å². The molecule has 1 N–H and O–H groups in total. The Kier molecular flexibility index (Phi) is 4.64. The van der Waals surface area contributed by atoms with Gasteiger partial charge in [-0.05, 0) is 54.7 Å². The van der Waals surface area contributed by atoms with Crippen molar-refractivity contribution in [2.45, 2.75) is 12.5 Å². The Labute approximate surface area is 140 Å². The summed E-state index contributed by atoms with van der Waals surface area (Å²) in [6.07, 6.45) is 0.933. The fourth-order valence-electron chi connectivity index (χ4n) is 2.36. The zero-order valence-electron chi connectivity index (χ0n) is 11.9. The van der Waals surface area contributed by atoms with E-state index in [-0.39, 0.29) is 0 Å². The van der Waals surface area contributed by atoms with E-state index < -0.39 is 0 Å². The SMILES string of the molecule is CNC(Cc1cc(OC)ccc1Br)c1cc2sccc2s1. The lowest BCUT2D eigenvalue weighted by molar-refractivity contribution is 0.414. The number of ether oxygens (including phenoxy) is 1. The maximum absolute atomic E-state index is 5.33. The number of halogens is 1. The topological polar surface area (TPSA) is 21.3 Å². The van der Waals surface area contributed by atoms with E-state index in [4.69, 9.17) is 4.74 Å². The lowest BCUT2D eigenvalue weighted by atomic mass is 10.0. The van der Waals surface area contributed by atoms with Crippen LogP contribution in [-0.4, -0.2) is 14.2 Å². The van der Waals surface area contributed by atoms with Crippen LogP contribution in [0.3, 0.4) is 0 Å². The van der Waals surface area contributed by atoms with E-state index in [2.05, 4.69) is 44.8 Å². The lowest BCUT2D eigenvalue weighted by Gasteiger charge is -2.16. The molecule has 5 heteroatoms. The summed E-state index contributed by atoms with van der Waals surface area (Å²) >= 11 is 7.32. The Hall–Kier alpha value is -0.880. The van der Waals surface area contributed by atoms with Crippen LogP contribution in [0.25, 0.3) is 9.40 Å². The molecule has 2 aromatic heterocycles. The summed E-state index contributed by atoms with van der Waals surface area (Å²) in [5, 5.41) is 5.59. The highest BCUT2D eigenvalue weighted by atomic mass is 79.9. The molecule has 1 unspecified atom stereocenters. The Bertz CT molecular complexity index is 721. The van der Waals surface area contributed by atoms with E-state index in [1.165, 1.54) is 19.8 Å². The maximum Gasteiger partial charge on any atom is 0.119 e. The summed E-state index contributed by atoms with van der Waals surface area (Å²) in [4.78, 5) is 1.38. The first-order valence-corrected chi connectivity index (χ1v) is 9.17. The predicted octanol–water partition coefficient (Wildman–Crippen LogP) is 5.24.